The minimum atomic E-state index is -0.778. The van der Waals surface area contributed by atoms with E-state index < -0.39 is 12.0 Å². The molecule has 18 heavy (non-hydrogen) atoms. The van der Waals surface area contributed by atoms with E-state index in [0.717, 1.165) is 19.3 Å². The highest BCUT2D eigenvalue weighted by Gasteiger charge is 2.15. The number of benzene rings is 1. The maximum Gasteiger partial charge on any atom is 0.320 e. The van der Waals surface area contributed by atoms with Crippen molar-refractivity contribution in [1.29, 1.82) is 0 Å². The molecule has 1 aromatic carbocycles. The van der Waals surface area contributed by atoms with Crippen molar-refractivity contribution in [3.8, 4) is 0 Å². The van der Waals surface area contributed by atoms with Gasteiger partial charge in [0.25, 0.3) is 0 Å². The molecule has 0 aliphatic rings. The molecule has 0 saturated carbocycles. The minimum Gasteiger partial charge on any atom is -0.480 e. The Bertz CT molecular complexity index is 341. The van der Waals surface area contributed by atoms with Crippen LogP contribution in [0.25, 0.3) is 0 Å². The number of unbranched alkanes of at least 4 members (excludes halogenated alkanes) is 1. The summed E-state index contributed by atoms with van der Waals surface area (Å²) in [6.45, 7) is 1.31. The van der Waals surface area contributed by atoms with Crippen molar-refractivity contribution >= 4 is 5.97 Å². The van der Waals surface area contributed by atoms with Crippen LogP contribution < -0.4 is 11.1 Å². The van der Waals surface area contributed by atoms with E-state index in [1.165, 1.54) is 5.56 Å². The lowest BCUT2D eigenvalue weighted by atomic mass is 10.1. The summed E-state index contributed by atoms with van der Waals surface area (Å²) in [6, 6.07) is 9.60. The number of rotatable bonds is 9. The monoisotopic (exact) mass is 250 g/mol. The predicted molar refractivity (Wildman–Crippen MR) is 72.5 cm³/mol. The third-order valence-corrected chi connectivity index (χ3v) is 2.89. The molecular weight excluding hydrogens is 228 g/mol. The van der Waals surface area contributed by atoms with Crippen molar-refractivity contribution in [2.45, 2.75) is 31.7 Å². The van der Waals surface area contributed by atoms with Gasteiger partial charge in [-0.2, -0.15) is 0 Å². The number of carboxylic acids is 1. The van der Waals surface area contributed by atoms with E-state index in [1.54, 1.807) is 0 Å². The van der Waals surface area contributed by atoms with E-state index in [2.05, 4.69) is 5.32 Å². The van der Waals surface area contributed by atoms with Gasteiger partial charge in [-0.15, -0.1) is 0 Å². The molecule has 0 unspecified atom stereocenters. The van der Waals surface area contributed by atoms with Crippen LogP contribution >= 0.6 is 0 Å². The van der Waals surface area contributed by atoms with Gasteiger partial charge in [-0.05, 0) is 37.9 Å². The van der Waals surface area contributed by atoms with E-state index in [0.29, 0.717) is 19.5 Å². The molecule has 0 radical (unpaired) electrons. The fourth-order valence-electron chi connectivity index (χ4n) is 1.84. The van der Waals surface area contributed by atoms with Crippen LogP contribution in [0.2, 0.25) is 0 Å². The highest BCUT2D eigenvalue weighted by atomic mass is 16.4. The number of nitrogens with one attached hydrogen (secondary N) is 1. The van der Waals surface area contributed by atoms with Gasteiger partial charge in [0.1, 0.15) is 6.04 Å². The van der Waals surface area contributed by atoms with Crippen molar-refractivity contribution in [2.75, 3.05) is 13.1 Å². The third kappa shape index (κ3) is 5.80. The molecule has 0 fully saturated rings. The second-order valence-corrected chi connectivity index (χ2v) is 4.37. The first-order valence-corrected chi connectivity index (χ1v) is 6.44. The summed E-state index contributed by atoms with van der Waals surface area (Å²) in [5.41, 5.74) is 6.62. The van der Waals surface area contributed by atoms with Crippen molar-refractivity contribution in [3.63, 3.8) is 0 Å². The fourth-order valence-corrected chi connectivity index (χ4v) is 1.84. The van der Waals surface area contributed by atoms with Gasteiger partial charge < -0.3 is 16.2 Å². The number of aliphatic carboxylic acids is 1. The average molecular weight is 250 g/mol. The molecule has 1 aromatic rings. The molecule has 100 valence electrons. The van der Waals surface area contributed by atoms with Gasteiger partial charge >= 0.3 is 5.97 Å². The minimum absolute atomic E-state index is 0.458. The normalized spacial score (nSPS) is 12.3. The topological polar surface area (TPSA) is 75.3 Å². The highest BCUT2D eigenvalue weighted by Crippen LogP contribution is 2.02. The zero-order valence-corrected chi connectivity index (χ0v) is 10.6. The molecule has 4 nitrogen and oxygen atoms in total. The third-order valence-electron chi connectivity index (χ3n) is 2.89. The van der Waals surface area contributed by atoms with Gasteiger partial charge in [0.15, 0.2) is 0 Å². The summed E-state index contributed by atoms with van der Waals surface area (Å²) in [5, 5.41) is 12.2. The van der Waals surface area contributed by atoms with Crippen LogP contribution in [-0.4, -0.2) is 30.2 Å². The van der Waals surface area contributed by atoms with E-state index in [9.17, 15) is 4.79 Å². The molecule has 4 heteroatoms. The Morgan fingerprint density at radius 3 is 2.61 bits per heavy atom. The average Bonchev–Trinajstić information content (AvgIpc) is 2.38. The summed E-state index contributed by atoms with van der Waals surface area (Å²) in [6.07, 6.45) is 3.22. The Labute approximate surface area is 108 Å². The molecule has 0 aliphatic carbocycles. The van der Waals surface area contributed by atoms with Gasteiger partial charge in [0, 0.05) is 0 Å². The molecular formula is C14H22N2O2. The highest BCUT2D eigenvalue weighted by molar-refractivity contribution is 5.73. The number of hydrogen-bond acceptors (Lipinski definition) is 3. The summed E-state index contributed by atoms with van der Waals surface area (Å²) in [7, 11) is 0. The zero-order chi connectivity index (χ0) is 13.2. The molecule has 0 spiro atoms. The van der Waals surface area contributed by atoms with Crippen LogP contribution in [0.15, 0.2) is 30.3 Å². The summed E-state index contributed by atoms with van der Waals surface area (Å²) in [5.74, 6) is -0.778. The second-order valence-electron chi connectivity index (χ2n) is 4.37. The molecule has 0 heterocycles. The second kappa shape index (κ2) is 8.66. The van der Waals surface area contributed by atoms with Crippen LogP contribution in [-0.2, 0) is 11.2 Å². The van der Waals surface area contributed by atoms with Crippen LogP contribution in [0.4, 0.5) is 0 Å². The molecule has 1 rings (SSSR count). The zero-order valence-electron chi connectivity index (χ0n) is 10.6. The molecule has 0 bridgehead atoms. The Balaban J connectivity index is 2.27. The summed E-state index contributed by atoms with van der Waals surface area (Å²) >= 11 is 0. The van der Waals surface area contributed by atoms with E-state index >= 15 is 0 Å². The van der Waals surface area contributed by atoms with E-state index in [4.69, 9.17) is 10.8 Å². The first-order valence-electron chi connectivity index (χ1n) is 6.44. The smallest absolute Gasteiger partial charge is 0.320 e. The Kier molecular flexibility index (Phi) is 7.06. The quantitative estimate of drug-likeness (QED) is 0.579. The van der Waals surface area contributed by atoms with Crippen molar-refractivity contribution in [3.05, 3.63) is 35.9 Å². The Morgan fingerprint density at radius 1 is 1.28 bits per heavy atom. The molecule has 0 aliphatic heterocycles. The van der Waals surface area contributed by atoms with Crippen molar-refractivity contribution in [2.24, 2.45) is 5.73 Å². The molecule has 0 aromatic heterocycles. The maximum absolute atomic E-state index is 11.0. The molecule has 0 amide bonds. The van der Waals surface area contributed by atoms with Gasteiger partial charge in [0.05, 0.1) is 0 Å². The number of hydrogen-bond donors (Lipinski definition) is 3. The van der Waals surface area contributed by atoms with Crippen LogP contribution in [0.3, 0.4) is 0 Å². The lowest BCUT2D eigenvalue weighted by Gasteiger charge is -2.14. The Morgan fingerprint density at radius 2 is 2.00 bits per heavy atom. The molecule has 1 atom stereocenters. The molecule has 4 N–H and O–H groups in total. The lowest BCUT2D eigenvalue weighted by molar-refractivity contribution is -0.139. The SMILES string of the molecule is NCCCC[C@H](NCCc1ccccc1)C(=O)O. The summed E-state index contributed by atoms with van der Waals surface area (Å²) in [4.78, 5) is 11.0. The van der Waals surface area contributed by atoms with Gasteiger partial charge in [-0.1, -0.05) is 36.8 Å². The number of nitrogens with two attached hydrogens (primary N) is 1. The standard InChI is InChI=1S/C14H22N2O2/c15-10-5-4-8-13(14(17)18)16-11-9-12-6-2-1-3-7-12/h1-3,6-7,13,16H,4-5,8-11,15H2,(H,17,18)/t13-/m0/s1. The van der Waals surface area contributed by atoms with Gasteiger partial charge in [0.2, 0.25) is 0 Å². The number of carboxylic acid groups (broad SMARTS) is 1. The predicted octanol–water partition coefficient (Wildman–Crippen LogP) is 1.40. The summed E-state index contributed by atoms with van der Waals surface area (Å²) < 4.78 is 0. The first-order chi connectivity index (χ1) is 8.74. The van der Waals surface area contributed by atoms with Gasteiger partial charge in [-0.3, -0.25) is 4.79 Å². The van der Waals surface area contributed by atoms with Crippen molar-refractivity contribution in [1.82, 2.24) is 5.32 Å². The van der Waals surface area contributed by atoms with Crippen LogP contribution in [0, 0.1) is 0 Å². The van der Waals surface area contributed by atoms with Crippen LogP contribution in [0.1, 0.15) is 24.8 Å². The van der Waals surface area contributed by atoms with Gasteiger partial charge in [-0.25, -0.2) is 0 Å². The lowest BCUT2D eigenvalue weighted by Crippen LogP contribution is -2.37. The first kappa shape index (κ1) is 14.7. The molecule has 0 saturated heterocycles. The Hall–Kier alpha value is -1.39. The fraction of sp³-hybridized carbons (Fsp3) is 0.500. The number of carbonyl (C=O) groups is 1. The largest absolute Gasteiger partial charge is 0.480 e. The van der Waals surface area contributed by atoms with Crippen molar-refractivity contribution < 1.29 is 9.90 Å². The van der Waals surface area contributed by atoms with E-state index in [-0.39, 0.29) is 0 Å². The van der Waals surface area contributed by atoms with E-state index in [1.807, 2.05) is 30.3 Å². The maximum atomic E-state index is 11.0. The van der Waals surface area contributed by atoms with Crippen LogP contribution in [0.5, 0.6) is 0 Å².